The zero-order valence-electron chi connectivity index (χ0n) is 13.9. The normalized spacial score (nSPS) is 11.8. The van der Waals surface area contributed by atoms with Crippen LogP contribution in [0.1, 0.15) is 32.0 Å². The Balaban J connectivity index is 2.60. The molecule has 0 saturated carbocycles. The highest BCUT2D eigenvalue weighted by molar-refractivity contribution is 5.53. The fourth-order valence-corrected chi connectivity index (χ4v) is 2.06. The van der Waals surface area contributed by atoms with Crippen LogP contribution in [-0.2, 0) is 19.5 Å². The number of nitriles is 1. The van der Waals surface area contributed by atoms with Crippen LogP contribution in [0.2, 0.25) is 0 Å². The van der Waals surface area contributed by atoms with Gasteiger partial charge in [-0.1, -0.05) is 20.8 Å². The summed E-state index contributed by atoms with van der Waals surface area (Å²) >= 11 is 0. The van der Waals surface area contributed by atoms with Crippen molar-refractivity contribution in [2.45, 2.75) is 26.2 Å². The Morgan fingerprint density at radius 3 is 2.38 bits per heavy atom. The minimum absolute atomic E-state index is 0.0673. The van der Waals surface area contributed by atoms with Crippen LogP contribution in [0.4, 0.5) is 11.5 Å². The van der Waals surface area contributed by atoms with Gasteiger partial charge in [-0.3, -0.25) is 19.0 Å². The van der Waals surface area contributed by atoms with Gasteiger partial charge in [0.25, 0.3) is 5.56 Å². The fourth-order valence-electron chi connectivity index (χ4n) is 2.06. The first-order valence-corrected chi connectivity index (χ1v) is 6.99. The van der Waals surface area contributed by atoms with Crippen LogP contribution in [0, 0.1) is 11.3 Å². The van der Waals surface area contributed by atoms with Crippen molar-refractivity contribution in [1.82, 2.24) is 19.3 Å². The zero-order valence-corrected chi connectivity index (χ0v) is 13.9. The van der Waals surface area contributed by atoms with E-state index in [0.717, 1.165) is 9.13 Å². The van der Waals surface area contributed by atoms with Gasteiger partial charge in [-0.2, -0.15) is 10.4 Å². The van der Waals surface area contributed by atoms with Crippen molar-refractivity contribution in [2.75, 3.05) is 0 Å². The van der Waals surface area contributed by atoms with Crippen LogP contribution >= 0.6 is 0 Å². The highest BCUT2D eigenvalue weighted by Gasteiger charge is 2.24. The van der Waals surface area contributed by atoms with Crippen molar-refractivity contribution < 1.29 is 5.11 Å². The SMILES string of the molecule is Cn1c(O)c(/N=N/c2[nH]nc(C(C)(C)C)c2C#N)c(=O)n(C)c1=O. The predicted molar refractivity (Wildman–Crippen MR) is 84.8 cm³/mol. The Kier molecular flexibility index (Phi) is 4.12. The molecule has 2 heterocycles. The highest BCUT2D eigenvalue weighted by atomic mass is 16.3. The third-order valence-corrected chi connectivity index (χ3v) is 3.43. The summed E-state index contributed by atoms with van der Waals surface area (Å²) in [4.78, 5) is 23.7. The second kappa shape index (κ2) is 5.77. The van der Waals surface area contributed by atoms with E-state index in [0.29, 0.717) is 5.69 Å². The summed E-state index contributed by atoms with van der Waals surface area (Å²) in [6, 6.07) is 2.00. The fraction of sp³-hybridized carbons (Fsp3) is 0.429. The molecule has 0 fully saturated rings. The van der Waals surface area contributed by atoms with Gasteiger partial charge < -0.3 is 5.11 Å². The summed E-state index contributed by atoms with van der Waals surface area (Å²) in [5, 5.41) is 33.4. The number of hydrogen-bond donors (Lipinski definition) is 2. The van der Waals surface area contributed by atoms with Gasteiger partial charge in [0.2, 0.25) is 11.6 Å². The summed E-state index contributed by atoms with van der Waals surface area (Å²) in [6.07, 6.45) is 0. The second-order valence-corrected chi connectivity index (χ2v) is 6.24. The molecule has 2 N–H and O–H groups in total. The maximum absolute atomic E-state index is 12.0. The van der Waals surface area contributed by atoms with Gasteiger partial charge in [0.15, 0.2) is 5.82 Å². The molecule has 24 heavy (non-hydrogen) atoms. The highest BCUT2D eigenvalue weighted by Crippen LogP contribution is 2.30. The summed E-state index contributed by atoms with van der Waals surface area (Å²) in [5.41, 5.74) is -1.57. The van der Waals surface area contributed by atoms with Crippen LogP contribution in [0.5, 0.6) is 5.88 Å². The molecule has 0 spiro atoms. The largest absolute Gasteiger partial charge is 0.493 e. The Hall–Kier alpha value is -3.22. The smallest absolute Gasteiger partial charge is 0.333 e. The molecule has 0 aliphatic carbocycles. The monoisotopic (exact) mass is 331 g/mol. The summed E-state index contributed by atoms with van der Waals surface area (Å²) in [5.74, 6) is -0.543. The number of nitrogens with zero attached hydrogens (tertiary/aromatic N) is 6. The number of hydrogen-bond acceptors (Lipinski definition) is 7. The van der Waals surface area contributed by atoms with E-state index in [1.165, 1.54) is 14.1 Å². The van der Waals surface area contributed by atoms with Gasteiger partial charge >= 0.3 is 5.69 Å². The van der Waals surface area contributed by atoms with Crippen LogP contribution in [0.3, 0.4) is 0 Å². The number of aromatic hydroxyl groups is 1. The maximum Gasteiger partial charge on any atom is 0.333 e. The van der Waals surface area contributed by atoms with Crippen molar-refractivity contribution in [3.63, 3.8) is 0 Å². The summed E-state index contributed by atoms with van der Waals surface area (Å²) < 4.78 is 1.67. The number of azo groups is 1. The molecule has 0 aliphatic rings. The quantitative estimate of drug-likeness (QED) is 0.792. The molecular weight excluding hydrogens is 314 g/mol. The molecule has 0 amide bonds. The molecule has 2 rings (SSSR count). The van der Waals surface area contributed by atoms with E-state index < -0.39 is 22.8 Å². The third kappa shape index (κ3) is 2.71. The van der Waals surface area contributed by atoms with Gasteiger partial charge in [0.05, 0.1) is 5.69 Å². The van der Waals surface area contributed by atoms with E-state index in [1.54, 1.807) is 0 Å². The van der Waals surface area contributed by atoms with Gasteiger partial charge in [-0.25, -0.2) is 4.79 Å². The minimum Gasteiger partial charge on any atom is -0.493 e. The van der Waals surface area contributed by atoms with E-state index in [4.69, 9.17) is 0 Å². The minimum atomic E-state index is -0.798. The molecule has 10 nitrogen and oxygen atoms in total. The summed E-state index contributed by atoms with van der Waals surface area (Å²) in [7, 11) is 2.56. The van der Waals surface area contributed by atoms with Gasteiger partial charge in [0.1, 0.15) is 11.6 Å². The van der Waals surface area contributed by atoms with Crippen molar-refractivity contribution in [1.29, 1.82) is 5.26 Å². The summed E-state index contributed by atoms with van der Waals surface area (Å²) in [6.45, 7) is 5.67. The third-order valence-electron chi connectivity index (χ3n) is 3.43. The van der Waals surface area contributed by atoms with E-state index in [1.807, 2.05) is 26.8 Å². The van der Waals surface area contributed by atoms with Crippen LogP contribution in [0.25, 0.3) is 0 Å². The molecule has 2 aromatic rings. The lowest BCUT2D eigenvalue weighted by Gasteiger charge is -2.14. The van der Waals surface area contributed by atoms with Crippen LogP contribution in [-0.4, -0.2) is 24.4 Å². The predicted octanol–water partition coefficient (Wildman–Crippen LogP) is 1.10. The number of rotatable bonds is 2. The Morgan fingerprint density at radius 1 is 1.21 bits per heavy atom. The van der Waals surface area contributed by atoms with E-state index >= 15 is 0 Å². The number of aromatic nitrogens is 4. The number of nitrogens with one attached hydrogen (secondary N) is 1. The molecule has 126 valence electrons. The van der Waals surface area contributed by atoms with Crippen molar-refractivity contribution in [3.8, 4) is 11.9 Å². The Morgan fingerprint density at radius 2 is 1.83 bits per heavy atom. The molecule has 0 aromatic carbocycles. The molecule has 0 atom stereocenters. The first-order chi connectivity index (χ1) is 11.1. The van der Waals surface area contributed by atoms with E-state index in [2.05, 4.69) is 20.4 Å². The number of aromatic amines is 1. The molecule has 0 unspecified atom stereocenters. The van der Waals surface area contributed by atoms with Crippen molar-refractivity contribution in [2.24, 2.45) is 24.3 Å². The standard InChI is InChI=1S/C14H17N7O3/c1-14(2,3)9-7(6-15)10(19-17-9)18-16-8-11(22)20(4)13(24)21(5)12(8)23/h22H,1-5H3,(H,17,19)/b18-16+. The lowest BCUT2D eigenvalue weighted by molar-refractivity contribution is 0.413. The lowest BCUT2D eigenvalue weighted by Crippen LogP contribution is -2.36. The Bertz CT molecular complexity index is 980. The molecule has 0 aliphatic heterocycles. The van der Waals surface area contributed by atoms with Gasteiger partial charge in [-0.05, 0) is 0 Å². The average Bonchev–Trinajstić information content (AvgIpc) is 2.94. The molecule has 0 saturated heterocycles. The number of H-pyrrole nitrogens is 1. The van der Waals surface area contributed by atoms with Crippen molar-refractivity contribution >= 4 is 11.5 Å². The van der Waals surface area contributed by atoms with Gasteiger partial charge in [0, 0.05) is 19.5 Å². The Labute approximate surface area is 136 Å². The molecule has 2 aromatic heterocycles. The molecule has 0 radical (unpaired) electrons. The van der Waals surface area contributed by atoms with Crippen molar-refractivity contribution in [3.05, 3.63) is 32.1 Å². The molecule has 10 heteroatoms. The first-order valence-electron chi connectivity index (χ1n) is 6.99. The molecule has 0 bridgehead atoms. The van der Waals surface area contributed by atoms with Gasteiger partial charge in [-0.15, -0.1) is 10.2 Å². The first kappa shape index (κ1) is 17.1. The zero-order chi connectivity index (χ0) is 18.2. The van der Waals surface area contributed by atoms with E-state index in [-0.39, 0.29) is 16.8 Å². The van der Waals surface area contributed by atoms with Crippen LogP contribution in [0.15, 0.2) is 19.8 Å². The van der Waals surface area contributed by atoms with E-state index in [9.17, 15) is 20.0 Å². The maximum atomic E-state index is 12.0. The lowest BCUT2D eigenvalue weighted by atomic mass is 9.90. The average molecular weight is 331 g/mol. The molecular formula is C14H17N7O3. The second-order valence-electron chi connectivity index (χ2n) is 6.24. The van der Waals surface area contributed by atoms with Crippen LogP contribution < -0.4 is 11.2 Å². The topological polar surface area (TPSA) is 141 Å².